The highest BCUT2D eigenvalue weighted by molar-refractivity contribution is 7.89. The molecule has 0 unspecified atom stereocenters. The number of nitrogens with zero attached hydrogens (tertiary/aromatic N) is 1. The second-order valence-corrected chi connectivity index (χ2v) is 6.84. The molecule has 2 rings (SSSR count). The summed E-state index contributed by atoms with van der Waals surface area (Å²) in [6.07, 6.45) is 1.77. The van der Waals surface area contributed by atoms with Gasteiger partial charge in [0.25, 0.3) is 0 Å². The molecular weight excluding hydrogens is 295 g/mol. The van der Waals surface area contributed by atoms with Crippen molar-refractivity contribution in [2.75, 3.05) is 13.1 Å². The van der Waals surface area contributed by atoms with Crippen molar-refractivity contribution in [1.82, 2.24) is 4.31 Å². The van der Waals surface area contributed by atoms with Crippen molar-refractivity contribution in [3.63, 3.8) is 0 Å². The Labute approximate surface area is 117 Å². The molecule has 4 nitrogen and oxygen atoms in total. The van der Waals surface area contributed by atoms with Crippen LogP contribution in [0.15, 0.2) is 17.0 Å². The molecule has 0 aromatic heterocycles. The highest BCUT2D eigenvalue weighted by Gasteiger charge is 2.30. The maximum atomic E-state index is 12.4. The van der Waals surface area contributed by atoms with Crippen LogP contribution in [0, 0.1) is 0 Å². The largest absolute Gasteiger partial charge is 0.326 e. The maximum absolute atomic E-state index is 12.4. The number of hydrogen-bond donors (Lipinski definition) is 1. The van der Waals surface area contributed by atoms with E-state index in [9.17, 15) is 8.42 Å². The fourth-order valence-corrected chi connectivity index (χ4v) is 4.45. The Morgan fingerprint density at radius 2 is 1.83 bits per heavy atom. The van der Waals surface area contributed by atoms with Crippen LogP contribution in [0.5, 0.6) is 0 Å². The van der Waals surface area contributed by atoms with Crippen LogP contribution in [0.2, 0.25) is 10.0 Å². The number of rotatable bonds is 3. The second-order valence-electron chi connectivity index (χ2n) is 4.15. The Morgan fingerprint density at radius 1 is 1.22 bits per heavy atom. The summed E-state index contributed by atoms with van der Waals surface area (Å²) in [5.74, 6) is 0. The molecule has 7 heteroatoms. The smallest absolute Gasteiger partial charge is 0.244 e. The van der Waals surface area contributed by atoms with Gasteiger partial charge in [-0.05, 0) is 25.0 Å². The molecule has 1 aliphatic rings. The van der Waals surface area contributed by atoms with Crippen molar-refractivity contribution < 1.29 is 8.42 Å². The molecule has 1 aromatic rings. The summed E-state index contributed by atoms with van der Waals surface area (Å²) in [7, 11) is -3.53. The third-order valence-corrected chi connectivity index (χ3v) is 5.88. The predicted molar refractivity (Wildman–Crippen MR) is 72.3 cm³/mol. The number of halogens is 2. The topological polar surface area (TPSA) is 63.4 Å². The molecule has 0 aliphatic carbocycles. The molecule has 0 saturated carbocycles. The first-order valence-electron chi connectivity index (χ1n) is 5.65. The van der Waals surface area contributed by atoms with E-state index < -0.39 is 10.0 Å². The predicted octanol–water partition coefficient (Wildman–Crippen LogP) is 2.24. The molecule has 0 atom stereocenters. The summed E-state index contributed by atoms with van der Waals surface area (Å²) in [5, 5.41) is 0.528. The standard InChI is InChI=1S/C11H14Cl2N2O2S/c12-9-3-4-10(11(13)8(9)7-14)18(16,17)15-5-1-2-6-15/h3-4H,1-2,5-7,14H2. The first kappa shape index (κ1) is 14.1. The van der Waals surface area contributed by atoms with Gasteiger partial charge in [0, 0.05) is 30.2 Å². The molecule has 100 valence electrons. The lowest BCUT2D eigenvalue weighted by molar-refractivity contribution is 0.477. The number of benzene rings is 1. The van der Waals surface area contributed by atoms with Crippen LogP contribution in [-0.2, 0) is 16.6 Å². The van der Waals surface area contributed by atoms with Gasteiger partial charge in [0.2, 0.25) is 10.0 Å². The van der Waals surface area contributed by atoms with E-state index in [4.69, 9.17) is 28.9 Å². The van der Waals surface area contributed by atoms with E-state index in [1.54, 1.807) is 0 Å². The molecule has 1 saturated heterocycles. The van der Waals surface area contributed by atoms with Crippen LogP contribution in [0.25, 0.3) is 0 Å². The van der Waals surface area contributed by atoms with Crippen LogP contribution in [0.4, 0.5) is 0 Å². The van der Waals surface area contributed by atoms with Crippen LogP contribution < -0.4 is 5.73 Å². The number of hydrogen-bond acceptors (Lipinski definition) is 3. The summed E-state index contributed by atoms with van der Waals surface area (Å²) in [5.41, 5.74) is 6.01. The lowest BCUT2D eigenvalue weighted by atomic mass is 10.2. The summed E-state index contributed by atoms with van der Waals surface area (Å²) < 4.78 is 26.2. The highest BCUT2D eigenvalue weighted by Crippen LogP contribution is 2.33. The number of sulfonamides is 1. The fourth-order valence-electron chi connectivity index (χ4n) is 2.03. The lowest BCUT2D eigenvalue weighted by Crippen LogP contribution is -2.28. The first-order valence-corrected chi connectivity index (χ1v) is 7.85. The summed E-state index contributed by atoms with van der Waals surface area (Å²) in [6.45, 7) is 1.19. The molecule has 0 radical (unpaired) electrons. The third kappa shape index (κ3) is 2.38. The van der Waals surface area contributed by atoms with E-state index in [2.05, 4.69) is 0 Å². The zero-order valence-corrected chi connectivity index (χ0v) is 12.0. The minimum absolute atomic E-state index is 0.0934. The van der Waals surface area contributed by atoms with E-state index in [-0.39, 0.29) is 16.5 Å². The highest BCUT2D eigenvalue weighted by atomic mass is 35.5. The summed E-state index contributed by atoms with van der Waals surface area (Å²) >= 11 is 12.0. The zero-order valence-electron chi connectivity index (χ0n) is 9.70. The molecule has 1 heterocycles. The van der Waals surface area contributed by atoms with Gasteiger partial charge >= 0.3 is 0 Å². The van der Waals surface area contributed by atoms with Crippen LogP contribution in [0.1, 0.15) is 18.4 Å². The molecule has 1 fully saturated rings. The Morgan fingerprint density at radius 3 is 2.39 bits per heavy atom. The van der Waals surface area contributed by atoms with Crippen molar-refractivity contribution in [1.29, 1.82) is 0 Å². The maximum Gasteiger partial charge on any atom is 0.244 e. The molecule has 1 aliphatic heterocycles. The Balaban J connectivity index is 2.51. The quantitative estimate of drug-likeness (QED) is 0.931. The van der Waals surface area contributed by atoms with Crippen molar-refractivity contribution in [2.24, 2.45) is 5.73 Å². The SMILES string of the molecule is NCc1c(Cl)ccc(S(=O)(=O)N2CCCC2)c1Cl. The molecule has 18 heavy (non-hydrogen) atoms. The minimum Gasteiger partial charge on any atom is -0.326 e. The zero-order chi connectivity index (χ0) is 13.3. The average molecular weight is 309 g/mol. The van der Waals surface area contributed by atoms with Crippen molar-refractivity contribution >= 4 is 33.2 Å². The lowest BCUT2D eigenvalue weighted by Gasteiger charge is -2.18. The van der Waals surface area contributed by atoms with Crippen LogP contribution in [-0.4, -0.2) is 25.8 Å². The van der Waals surface area contributed by atoms with E-state index in [0.29, 0.717) is 23.7 Å². The van der Waals surface area contributed by atoms with E-state index in [1.165, 1.54) is 16.4 Å². The third-order valence-electron chi connectivity index (χ3n) is 3.04. The minimum atomic E-state index is -3.53. The Bertz CT molecular complexity index is 554. The van der Waals surface area contributed by atoms with Gasteiger partial charge in [-0.2, -0.15) is 4.31 Å². The van der Waals surface area contributed by atoms with E-state index in [0.717, 1.165) is 12.8 Å². The second kappa shape index (κ2) is 5.35. The van der Waals surface area contributed by atoms with Gasteiger partial charge in [-0.3, -0.25) is 0 Å². The van der Waals surface area contributed by atoms with E-state index in [1.807, 2.05) is 0 Å². The molecule has 2 N–H and O–H groups in total. The monoisotopic (exact) mass is 308 g/mol. The molecule has 1 aromatic carbocycles. The molecular formula is C11H14Cl2N2O2S. The van der Waals surface area contributed by atoms with Crippen molar-refractivity contribution in [3.05, 3.63) is 27.7 Å². The van der Waals surface area contributed by atoms with Gasteiger partial charge in [0.1, 0.15) is 4.90 Å². The fraction of sp³-hybridized carbons (Fsp3) is 0.455. The van der Waals surface area contributed by atoms with Crippen LogP contribution in [0.3, 0.4) is 0 Å². The van der Waals surface area contributed by atoms with Gasteiger partial charge in [0.05, 0.1) is 5.02 Å². The van der Waals surface area contributed by atoms with Gasteiger partial charge in [-0.15, -0.1) is 0 Å². The van der Waals surface area contributed by atoms with E-state index >= 15 is 0 Å². The van der Waals surface area contributed by atoms with Gasteiger partial charge in [0.15, 0.2) is 0 Å². The first-order chi connectivity index (χ1) is 8.48. The summed E-state index contributed by atoms with van der Waals surface area (Å²) in [4.78, 5) is 0.0934. The Kier molecular flexibility index (Phi) is 4.18. The average Bonchev–Trinajstić information content (AvgIpc) is 2.83. The normalized spacial score (nSPS) is 17.3. The van der Waals surface area contributed by atoms with Crippen molar-refractivity contribution in [3.8, 4) is 0 Å². The number of nitrogens with two attached hydrogens (primary N) is 1. The molecule has 0 amide bonds. The van der Waals surface area contributed by atoms with Gasteiger partial charge in [-0.25, -0.2) is 8.42 Å². The Hall–Kier alpha value is -0.330. The van der Waals surface area contributed by atoms with Crippen molar-refractivity contribution in [2.45, 2.75) is 24.3 Å². The van der Waals surface area contributed by atoms with Gasteiger partial charge < -0.3 is 5.73 Å². The molecule has 0 spiro atoms. The molecule has 0 bridgehead atoms. The van der Waals surface area contributed by atoms with Crippen LogP contribution >= 0.6 is 23.2 Å². The summed E-state index contributed by atoms with van der Waals surface area (Å²) in [6, 6.07) is 2.97. The van der Waals surface area contributed by atoms with Gasteiger partial charge in [-0.1, -0.05) is 23.2 Å².